The summed E-state index contributed by atoms with van der Waals surface area (Å²) in [5, 5.41) is -0.285. The van der Waals surface area contributed by atoms with Crippen molar-refractivity contribution in [1.82, 2.24) is 4.98 Å². The zero-order chi connectivity index (χ0) is 22.4. The standard InChI is InChI=1S/C13H20BBrN2O3S/c1-12(2)13(3,4)20-14(19-12)9-10(15)16-11(21-9)17-5-7-18-8-6-17/h5-8H2,1-4H3/i5D2,6D2,7D2,8D2. The van der Waals surface area contributed by atoms with Crippen LogP contribution in [0.1, 0.15) is 38.7 Å². The molecular formula is C13H20BBrN2O3S. The fourth-order valence-corrected chi connectivity index (χ4v) is 3.33. The third-order valence-corrected chi connectivity index (χ3v) is 5.60. The molecule has 21 heavy (non-hydrogen) atoms. The van der Waals surface area contributed by atoms with E-state index in [2.05, 4.69) is 25.7 Å². The first-order valence-corrected chi connectivity index (χ1v) is 7.90. The number of halogens is 1. The molecule has 0 saturated carbocycles. The summed E-state index contributed by atoms with van der Waals surface area (Å²) in [6.07, 6.45) is 0. The highest BCUT2D eigenvalue weighted by molar-refractivity contribution is 9.10. The Morgan fingerprint density at radius 3 is 2.38 bits per heavy atom. The summed E-state index contributed by atoms with van der Waals surface area (Å²) >= 11 is 4.07. The molecule has 2 aliphatic heterocycles. The normalized spacial score (nSPS) is 39.9. The van der Waals surface area contributed by atoms with Crippen molar-refractivity contribution in [2.45, 2.75) is 38.9 Å². The van der Waals surface area contributed by atoms with Crippen LogP contribution in [0.5, 0.6) is 0 Å². The van der Waals surface area contributed by atoms with Gasteiger partial charge < -0.3 is 18.9 Å². The Morgan fingerprint density at radius 2 is 1.81 bits per heavy atom. The van der Waals surface area contributed by atoms with Crippen LogP contribution >= 0.6 is 27.3 Å². The average Bonchev–Trinajstić information content (AvgIpc) is 2.93. The van der Waals surface area contributed by atoms with Crippen LogP contribution in [-0.2, 0) is 14.0 Å². The summed E-state index contributed by atoms with van der Waals surface area (Å²) in [5.41, 5.74) is -1.31. The largest absolute Gasteiger partial charge is 0.508 e. The Hall–Kier alpha value is -0.145. The molecule has 0 amide bonds. The van der Waals surface area contributed by atoms with Crippen molar-refractivity contribution >= 4 is 44.3 Å². The molecular weight excluding hydrogens is 355 g/mol. The molecule has 0 spiro atoms. The number of rotatable bonds is 2. The van der Waals surface area contributed by atoms with Crippen LogP contribution in [0.3, 0.4) is 0 Å². The average molecular weight is 383 g/mol. The first-order valence-electron chi connectivity index (χ1n) is 10.3. The number of thiazole rings is 1. The Labute approximate surface area is 149 Å². The van der Waals surface area contributed by atoms with Crippen molar-refractivity contribution in [3.63, 3.8) is 0 Å². The second-order valence-electron chi connectivity index (χ2n) is 5.60. The number of anilines is 1. The Balaban J connectivity index is 2.08. The maximum Gasteiger partial charge on any atom is 0.508 e. The Kier molecular flexibility index (Phi) is 2.26. The highest BCUT2D eigenvalue weighted by atomic mass is 79.9. The monoisotopic (exact) mass is 382 g/mol. The lowest BCUT2D eigenvalue weighted by atomic mass is 9.89. The summed E-state index contributed by atoms with van der Waals surface area (Å²) in [6.45, 7) is -5.01. The van der Waals surface area contributed by atoms with Gasteiger partial charge in [-0.05, 0) is 43.6 Å². The van der Waals surface area contributed by atoms with Gasteiger partial charge in [-0.15, -0.1) is 11.3 Å². The van der Waals surface area contributed by atoms with Crippen molar-refractivity contribution in [3.8, 4) is 0 Å². The molecule has 8 heteroatoms. The van der Waals surface area contributed by atoms with Gasteiger partial charge >= 0.3 is 7.12 Å². The highest BCUT2D eigenvalue weighted by Crippen LogP contribution is 2.38. The molecule has 0 N–H and O–H groups in total. The van der Waals surface area contributed by atoms with Crippen LogP contribution in [0.15, 0.2) is 4.60 Å². The van der Waals surface area contributed by atoms with Crippen molar-refractivity contribution < 1.29 is 25.0 Å². The molecule has 0 aliphatic carbocycles. The quantitative estimate of drug-likeness (QED) is 0.732. The summed E-state index contributed by atoms with van der Waals surface area (Å²) in [4.78, 5) is 4.47. The van der Waals surface area contributed by atoms with Crippen molar-refractivity contribution in [2.24, 2.45) is 0 Å². The van der Waals surface area contributed by atoms with Gasteiger partial charge in [0.15, 0.2) is 5.13 Å². The van der Waals surface area contributed by atoms with E-state index < -0.39 is 44.4 Å². The molecule has 0 bridgehead atoms. The number of nitrogens with zero attached hydrogens (tertiary/aromatic N) is 2. The molecule has 2 aliphatic rings. The van der Waals surface area contributed by atoms with E-state index in [1.165, 1.54) is 0 Å². The number of ether oxygens (including phenoxy) is 1. The van der Waals surface area contributed by atoms with Crippen LogP contribution in [-0.4, -0.2) is 49.4 Å². The third kappa shape index (κ3) is 2.88. The molecule has 3 rings (SSSR count). The zero-order valence-corrected chi connectivity index (χ0v) is 14.4. The summed E-state index contributed by atoms with van der Waals surface area (Å²) in [6, 6.07) is 0. The summed E-state index contributed by atoms with van der Waals surface area (Å²) in [7, 11) is -0.869. The number of aromatic nitrogens is 1. The van der Waals surface area contributed by atoms with Crippen LogP contribution in [0, 0.1) is 0 Å². The van der Waals surface area contributed by atoms with Crippen LogP contribution < -0.4 is 9.68 Å². The summed E-state index contributed by atoms with van der Waals surface area (Å²) in [5.74, 6) is 0. The molecule has 0 atom stereocenters. The number of morpholine rings is 1. The minimum atomic E-state index is -3.15. The van der Waals surface area contributed by atoms with E-state index in [-0.39, 0.29) is 9.73 Å². The second-order valence-corrected chi connectivity index (χ2v) is 7.37. The highest BCUT2D eigenvalue weighted by Gasteiger charge is 2.53. The Bertz CT molecular complexity index is 795. The van der Waals surface area contributed by atoms with Gasteiger partial charge in [-0.1, -0.05) is 0 Å². The molecule has 116 valence electrons. The fourth-order valence-electron chi connectivity index (χ4n) is 1.78. The molecule has 0 radical (unpaired) electrons. The van der Waals surface area contributed by atoms with E-state index in [9.17, 15) is 0 Å². The van der Waals surface area contributed by atoms with E-state index in [0.29, 0.717) is 9.68 Å². The number of hydrogen-bond donors (Lipinski definition) is 0. The molecule has 2 saturated heterocycles. The molecule has 5 nitrogen and oxygen atoms in total. The second kappa shape index (κ2) is 5.49. The minimum Gasteiger partial charge on any atom is -0.399 e. The topological polar surface area (TPSA) is 43.8 Å². The van der Waals surface area contributed by atoms with E-state index in [0.717, 1.165) is 11.3 Å². The van der Waals surface area contributed by atoms with Gasteiger partial charge in [0.25, 0.3) is 0 Å². The number of hydrogen-bond acceptors (Lipinski definition) is 6. The van der Waals surface area contributed by atoms with Gasteiger partial charge in [-0.2, -0.15) is 0 Å². The van der Waals surface area contributed by atoms with Crippen LogP contribution in [0.25, 0.3) is 0 Å². The first-order chi connectivity index (χ1) is 12.8. The lowest BCUT2D eigenvalue weighted by molar-refractivity contribution is 0.00578. The zero-order valence-electron chi connectivity index (χ0n) is 20.0. The third-order valence-electron chi connectivity index (χ3n) is 3.67. The maximum absolute atomic E-state index is 8.15. The van der Waals surface area contributed by atoms with Crippen LogP contribution in [0.2, 0.25) is 0 Å². The van der Waals surface area contributed by atoms with Gasteiger partial charge in [-0.25, -0.2) is 4.98 Å². The first kappa shape index (κ1) is 8.64. The van der Waals surface area contributed by atoms with E-state index in [1.807, 2.05) is 27.7 Å². The van der Waals surface area contributed by atoms with Gasteiger partial charge in [0, 0.05) is 13.0 Å². The van der Waals surface area contributed by atoms with E-state index in [1.54, 1.807) is 0 Å². The summed E-state index contributed by atoms with van der Waals surface area (Å²) < 4.78 is 80.9. The molecule has 0 aromatic carbocycles. The molecule has 2 fully saturated rings. The van der Waals surface area contributed by atoms with Gasteiger partial charge in [-0.3, -0.25) is 0 Å². The van der Waals surface area contributed by atoms with Crippen molar-refractivity contribution in [2.75, 3.05) is 31.0 Å². The predicted molar refractivity (Wildman–Crippen MR) is 88.6 cm³/mol. The minimum absolute atomic E-state index is 0.204. The Morgan fingerprint density at radius 1 is 1.24 bits per heavy atom. The predicted octanol–water partition coefficient (Wildman–Crippen LogP) is 2.04. The van der Waals surface area contributed by atoms with Crippen molar-refractivity contribution in [1.29, 1.82) is 0 Å². The van der Waals surface area contributed by atoms with E-state index >= 15 is 0 Å². The van der Waals surface area contributed by atoms with Gasteiger partial charge in [0.05, 0.1) is 40.1 Å². The maximum atomic E-state index is 8.15. The van der Waals surface area contributed by atoms with Crippen LogP contribution in [0.4, 0.5) is 5.13 Å². The lowest BCUT2D eigenvalue weighted by Crippen LogP contribution is -2.41. The van der Waals surface area contributed by atoms with Gasteiger partial charge in [0.1, 0.15) is 4.60 Å². The smallest absolute Gasteiger partial charge is 0.399 e. The van der Waals surface area contributed by atoms with Gasteiger partial charge in [0.2, 0.25) is 0 Å². The van der Waals surface area contributed by atoms with Crippen molar-refractivity contribution in [3.05, 3.63) is 4.60 Å². The molecule has 0 unspecified atom stereocenters. The molecule has 3 heterocycles. The van der Waals surface area contributed by atoms with E-state index in [4.69, 9.17) is 20.3 Å². The fraction of sp³-hybridized carbons (Fsp3) is 0.769. The molecule has 1 aromatic heterocycles. The molecule has 1 aromatic rings. The SMILES string of the molecule is [2H]C1([2H])OC([2H])([2H])C([2H])([2H])N(c2nc(Br)c(B3OC(C)(C)C(C)(C)O3)s2)C1([2H])[2H]. The lowest BCUT2D eigenvalue weighted by Gasteiger charge is -2.32.